The first-order chi connectivity index (χ1) is 28.0. The van der Waals surface area contributed by atoms with Crippen LogP contribution in [0.3, 0.4) is 0 Å². The first-order valence-corrected chi connectivity index (χ1v) is 25.9. The fourth-order valence-corrected chi connectivity index (χ4v) is 9.56. The van der Waals surface area contributed by atoms with Gasteiger partial charge in [0.05, 0.1) is 38.1 Å². The highest BCUT2D eigenvalue weighted by Crippen LogP contribution is 2.30. The molecule has 338 valence electrons. The first-order valence-electron chi connectivity index (χ1n) is 23.5. The van der Waals surface area contributed by atoms with Crippen molar-refractivity contribution in [3.63, 3.8) is 0 Å². The van der Waals surface area contributed by atoms with Crippen molar-refractivity contribution in [3.8, 4) is 0 Å². The molecule has 0 amide bonds. The second-order valence-electron chi connectivity index (χ2n) is 16.9. The summed E-state index contributed by atoms with van der Waals surface area (Å²) in [5.41, 5.74) is 0. The summed E-state index contributed by atoms with van der Waals surface area (Å²) in [4.78, 5) is 48.7. The van der Waals surface area contributed by atoms with E-state index in [9.17, 15) is 19.2 Å². The van der Waals surface area contributed by atoms with Crippen LogP contribution in [0.15, 0.2) is 24.3 Å². The van der Waals surface area contributed by atoms with Crippen LogP contribution in [0.5, 0.6) is 0 Å². The molecule has 0 bridgehead atoms. The number of carboxylic acids is 1. The Balaban J connectivity index is 4.61. The minimum absolute atomic E-state index is 0.0383. The number of aliphatic carboxylic acids is 1. The number of allylic oxidation sites excluding steroid dienone is 4. The van der Waals surface area contributed by atoms with Gasteiger partial charge in [-0.2, -0.15) is 0 Å². The molecule has 8 nitrogen and oxygen atoms in total. The lowest BCUT2D eigenvalue weighted by Crippen LogP contribution is -2.49. The summed E-state index contributed by atoms with van der Waals surface area (Å²) < 4.78 is 12.1. The predicted molar refractivity (Wildman–Crippen MR) is 248 cm³/mol. The lowest BCUT2D eigenvalue weighted by atomic mass is 10.1. The molecule has 58 heavy (non-hydrogen) atoms. The molecular weight excluding hydrogens is 767 g/mol. The van der Waals surface area contributed by atoms with Crippen molar-refractivity contribution < 1.29 is 38.2 Å². The van der Waals surface area contributed by atoms with Gasteiger partial charge in [-0.1, -0.05) is 162 Å². The van der Waals surface area contributed by atoms with Gasteiger partial charge in [-0.15, -0.1) is 0 Å². The van der Waals surface area contributed by atoms with Crippen molar-refractivity contribution in [2.24, 2.45) is 0 Å². The van der Waals surface area contributed by atoms with Crippen molar-refractivity contribution in [1.29, 1.82) is 0 Å². The fourth-order valence-electron chi connectivity index (χ4n) is 6.77. The van der Waals surface area contributed by atoms with E-state index < -0.39 is 17.3 Å². The zero-order valence-electron chi connectivity index (χ0n) is 38.0. The van der Waals surface area contributed by atoms with E-state index in [-0.39, 0.29) is 30.7 Å². The molecule has 0 rings (SSSR count). The first kappa shape index (κ1) is 56.2. The van der Waals surface area contributed by atoms with E-state index in [2.05, 4.69) is 38.2 Å². The molecule has 10 heteroatoms. The molecule has 0 aliphatic rings. The normalized spacial score (nSPS) is 13.0. The molecule has 1 N–H and O–H groups in total. The Labute approximate surface area is 364 Å². The van der Waals surface area contributed by atoms with E-state index in [1.54, 1.807) is 0 Å². The largest absolute Gasteiger partial charge is 0.481 e. The number of carbonyl (C=O) groups excluding carboxylic acids is 3. The number of carbonyl (C=O) groups is 4. The topological polar surface area (TPSA) is 107 Å². The summed E-state index contributed by atoms with van der Waals surface area (Å²) in [5, 5.41) is 8.55. The number of esters is 2. The lowest BCUT2D eigenvalue weighted by molar-refractivity contribution is -0.890. The Bertz CT molecular complexity index is 1080. The van der Waals surface area contributed by atoms with Crippen LogP contribution in [0.1, 0.15) is 207 Å². The number of carboxylic acid groups (broad SMARTS) is 1. The maximum Gasteiger partial charge on any atom is 0.306 e. The monoisotopic (exact) mass is 855 g/mol. The molecular formula is C48H88NO7S2+. The van der Waals surface area contributed by atoms with Crippen molar-refractivity contribution in [2.75, 3.05) is 39.5 Å². The molecule has 0 spiro atoms. The van der Waals surface area contributed by atoms with Crippen LogP contribution in [0.2, 0.25) is 0 Å². The quantitative estimate of drug-likeness (QED) is 0.0211. The van der Waals surface area contributed by atoms with Gasteiger partial charge in [0.25, 0.3) is 0 Å². The average Bonchev–Trinajstić information content (AvgIpc) is 3.17. The zero-order valence-corrected chi connectivity index (χ0v) is 39.6. The van der Waals surface area contributed by atoms with Crippen molar-refractivity contribution in [3.05, 3.63) is 24.3 Å². The second kappa shape index (κ2) is 40.6. The number of quaternary nitrogens is 1. The van der Waals surface area contributed by atoms with Gasteiger partial charge in [0, 0.05) is 12.8 Å². The third-order valence-electron chi connectivity index (χ3n) is 10.5. The van der Waals surface area contributed by atoms with Crippen molar-refractivity contribution in [1.82, 2.24) is 0 Å². The van der Waals surface area contributed by atoms with E-state index >= 15 is 0 Å². The Morgan fingerprint density at radius 1 is 0.603 bits per heavy atom. The highest BCUT2D eigenvalue weighted by atomic mass is 33.1. The smallest absolute Gasteiger partial charge is 0.306 e. The van der Waals surface area contributed by atoms with Crippen LogP contribution >= 0.6 is 21.6 Å². The summed E-state index contributed by atoms with van der Waals surface area (Å²) >= 11 is 0. The molecule has 0 aromatic carbocycles. The number of Topliss-reactive ketones (excluding diaryl/α,β-unsaturated/α-hetero) is 1. The van der Waals surface area contributed by atoms with Gasteiger partial charge in [0.2, 0.25) is 0 Å². The number of hydrogen-bond donors (Lipinski definition) is 1. The minimum atomic E-state index is -0.984. The highest BCUT2D eigenvalue weighted by Gasteiger charge is 2.27. The summed E-state index contributed by atoms with van der Waals surface area (Å²) in [5.74, 6) is -0.940. The van der Waals surface area contributed by atoms with E-state index in [0.29, 0.717) is 36.2 Å². The second-order valence-corrected chi connectivity index (χ2v) is 19.6. The van der Waals surface area contributed by atoms with Gasteiger partial charge in [-0.3, -0.25) is 19.2 Å². The standard InChI is InChI=1S/C48H87NO7S2/c1-6-8-10-12-14-16-18-20-22-24-26-28-30-32-34-36-47(53)55-42-44(41-49(4,5)38-39-57-58-45(43(3)50)40-46(51)52)56-48(54)37-35-33-31-29-27-25-23-21-19-17-15-13-11-9-7-2/h20-23,44-45H,6-19,24-42H2,1-5H3/p+1/b22-20+,23-21+. The van der Waals surface area contributed by atoms with E-state index in [1.807, 2.05) is 14.1 Å². The summed E-state index contributed by atoms with van der Waals surface area (Å²) in [7, 11) is 6.88. The SMILES string of the molecule is CCCCCCCC/C=C/CCCCCCCC(=O)OCC(C[N+](C)(C)CCSSC(CC(=O)O)C(C)=O)OC(=O)CCCCCCC/C=C/CCCCCCCC. The van der Waals surface area contributed by atoms with Crippen LogP contribution in [0.25, 0.3) is 0 Å². The summed E-state index contributed by atoms with van der Waals surface area (Å²) in [6.45, 7) is 7.17. The molecule has 0 radical (unpaired) electrons. The average molecular weight is 855 g/mol. The van der Waals surface area contributed by atoms with Crippen LogP contribution in [-0.4, -0.2) is 84.2 Å². The molecule has 2 atom stereocenters. The van der Waals surface area contributed by atoms with E-state index in [0.717, 1.165) is 57.8 Å². The van der Waals surface area contributed by atoms with E-state index in [1.165, 1.54) is 138 Å². The van der Waals surface area contributed by atoms with Crippen LogP contribution in [0.4, 0.5) is 0 Å². The van der Waals surface area contributed by atoms with Crippen LogP contribution in [0, 0.1) is 0 Å². The molecule has 0 aliphatic carbocycles. The summed E-state index contributed by atoms with van der Waals surface area (Å²) in [6.07, 6.45) is 40.5. The van der Waals surface area contributed by atoms with Gasteiger partial charge in [0.15, 0.2) is 6.10 Å². The Kier molecular flexibility index (Phi) is 39.4. The number of nitrogens with zero attached hydrogens (tertiary/aromatic N) is 1. The number of unbranched alkanes of at least 4 members (excludes halogenated alkanes) is 22. The zero-order chi connectivity index (χ0) is 43.0. The van der Waals surface area contributed by atoms with Crippen molar-refractivity contribution in [2.45, 2.75) is 218 Å². The number of hydrogen-bond acceptors (Lipinski definition) is 8. The molecule has 0 aromatic heterocycles. The number of rotatable bonds is 43. The van der Waals surface area contributed by atoms with Gasteiger partial charge < -0.3 is 19.1 Å². The predicted octanol–water partition coefficient (Wildman–Crippen LogP) is 13.4. The van der Waals surface area contributed by atoms with Crippen LogP contribution in [-0.2, 0) is 28.7 Å². The van der Waals surface area contributed by atoms with Gasteiger partial charge in [-0.05, 0) is 71.1 Å². The van der Waals surface area contributed by atoms with Crippen molar-refractivity contribution >= 4 is 45.3 Å². The number of ketones is 1. The summed E-state index contributed by atoms with van der Waals surface area (Å²) in [6, 6.07) is 0. The molecule has 0 saturated carbocycles. The van der Waals surface area contributed by atoms with Gasteiger partial charge >= 0.3 is 17.9 Å². The number of ether oxygens (including phenoxy) is 2. The molecule has 0 heterocycles. The molecule has 2 unspecified atom stereocenters. The lowest BCUT2D eigenvalue weighted by Gasteiger charge is -2.33. The highest BCUT2D eigenvalue weighted by molar-refractivity contribution is 8.77. The third kappa shape index (κ3) is 39.7. The fraction of sp³-hybridized carbons (Fsp3) is 0.833. The maximum atomic E-state index is 13.0. The Hall–Kier alpha value is -1.78. The van der Waals surface area contributed by atoms with Gasteiger partial charge in [0.1, 0.15) is 18.9 Å². The maximum absolute atomic E-state index is 13.0. The molecule has 0 aromatic rings. The Morgan fingerprint density at radius 3 is 1.45 bits per heavy atom. The molecule has 0 aliphatic heterocycles. The van der Waals surface area contributed by atoms with E-state index in [4.69, 9.17) is 14.6 Å². The molecule has 0 saturated heterocycles. The Morgan fingerprint density at radius 2 is 1.02 bits per heavy atom. The minimum Gasteiger partial charge on any atom is -0.481 e. The molecule has 0 fully saturated rings. The van der Waals surface area contributed by atoms with Gasteiger partial charge in [-0.25, -0.2) is 0 Å². The van der Waals surface area contributed by atoms with Crippen LogP contribution < -0.4 is 0 Å². The number of likely N-dealkylation sites (N-methyl/N-ethyl adjacent to an activating group) is 1. The third-order valence-corrected chi connectivity index (χ3v) is 13.3.